The molecule has 0 aliphatic carbocycles. The second-order valence-corrected chi connectivity index (χ2v) is 8.26. The Morgan fingerprint density at radius 3 is 2.55 bits per heavy atom. The molecule has 1 N–H and O–H groups in total. The minimum Gasteiger partial charge on any atom is -0.355 e. The van der Waals surface area contributed by atoms with Crippen LogP contribution in [0.3, 0.4) is 0 Å². The summed E-state index contributed by atoms with van der Waals surface area (Å²) in [6.07, 6.45) is 0. The fraction of sp³-hybridized carbons (Fsp3) is 0.120. The molecule has 0 fully saturated rings. The van der Waals surface area contributed by atoms with Crippen LogP contribution in [0.5, 0.6) is 0 Å². The average molecular weight is 433 g/mol. The topological polar surface area (TPSA) is 55.1 Å². The van der Waals surface area contributed by atoms with Crippen LogP contribution < -0.4 is 5.32 Å². The molecule has 0 aliphatic heterocycles. The highest BCUT2D eigenvalue weighted by molar-refractivity contribution is 7.98. The molecule has 156 valence electrons. The molecule has 0 atom stereocenters. The van der Waals surface area contributed by atoms with E-state index < -0.39 is 0 Å². The van der Waals surface area contributed by atoms with Crippen molar-refractivity contribution in [2.45, 2.75) is 24.5 Å². The predicted molar refractivity (Wildman–Crippen MR) is 122 cm³/mol. The maximum atomic E-state index is 13.1. The van der Waals surface area contributed by atoms with Gasteiger partial charge < -0.3 is 9.84 Å². The van der Waals surface area contributed by atoms with Crippen molar-refractivity contribution in [1.82, 2.24) is 5.16 Å². The summed E-state index contributed by atoms with van der Waals surface area (Å²) in [5, 5.41) is 6.86. The number of aryl methyl sites for hydroxylation is 2. The first-order valence-corrected chi connectivity index (χ1v) is 10.8. The minimum absolute atomic E-state index is 0.214. The van der Waals surface area contributed by atoms with E-state index in [9.17, 15) is 9.18 Å². The summed E-state index contributed by atoms with van der Waals surface area (Å²) in [6, 6.07) is 21.6. The van der Waals surface area contributed by atoms with Gasteiger partial charge in [-0.05, 0) is 60.9 Å². The fourth-order valence-electron chi connectivity index (χ4n) is 3.04. The minimum atomic E-state index is -0.339. The van der Waals surface area contributed by atoms with Crippen molar-refractivity contribution in [2.24, 2.45) is 0 Å². The molecule has 0 saturated carbocycles. The Morgan fingerprint density at radius 1 is 1.00 bits per heavy atom. The molecule has 1 aromatic heterocycles. The van der Waals surface area contributed by atoms with Crippen LogP contribution in [-0.2, 0) is 5.75 Å². The Bertz CT molecular complexity index is 1220. The zero-order valence-electron chi connectivity index (χ0n) is 17.2. The van der Waals surface area contributed by atoms with Gasteiger partial charge in [0.05, 0.1) is 5.69 Å². The number of thioether (sulfide) groups is 1. The second-order valence-electron chi connectivity index (χ2n) is 7.24. The van der Waals surface area contributed by atoms with Crippen molar-refractivity contribution in [3.63, 3.8) is 0 Å². The number of hydrogen-bond donors (Lipinski definition) is 1. The van der Waals surface area contributed by atoms with Crippen LogP contribution >= 0.6 is 11.8 Å². The van der Waals surface area contributed by atoms with Crippen molar-refractivity contribution in [3.8, 4) is 11.3 Å². The largest absolute Gasteiger partial charge is 0.355 e. The molecule has 4 nitrogen and oxygen atoms in total. The third-order valence-electron chi connectivity index (χ3n) is 4.98. The van der Waals surface area contributed by atoms with E-state index in [4.69, 9.17) is 4.52 Å². The number of nitrogens with one attached hydrogen (secondary N) is 1. The van der Waals surface area contributed by atoms with E-state index in [1.165, 1.54) is 17.7 Å². The molecular weight excluding hydrogens is 411 g/mol. The zero-order chi connectivity index (χ0) is 21.8. The summed E-state index contributed by atoms with van der Waals surface area (Å²) in [5.74, 6) is 0.615. The van der Waals surface area contributed by atoms with Crippen LogP contribution in [0.1, 0.15) is 27.2 Å². The first-order chi connectivity index (χ1) is 15.0. The van der Waals surface area contributed by atoms with Gasteiger partial charge >= 0.3 is 0 Å². The number of para-hydroxylation sites is 1. The molecular formula is C25H21FN2O2S. The number of rotatable bonds is 6. The van der Waals surface area contributed by atoms with Gasteiger partial charge in [-0.1, -0.05) is 41.6 Å². The number of carbonyl (C=O) groups is 1. The Labute approximate surface area is 184 Å². The monoisotopic (exact) mass is 432 g/mol. The Kier molecular flexibility index (Phi) is 6.18. The lowest BCUT2D eigenvalue weighted by molar-refractivity contribution is 0.101. The fourth-order valence-corrected chi connectivity index (χ4v) is 4.00. The molecule has 31 heavy (non-hydrogen) atoms. The predicted octanol–water partition coefficient (Wildman–Crippen LogP) is 6.64. The van der Waals surface area contributed by atoms with Crippen LogP contribution in [0.4, 0.5) is 10.1 Å². The molecule has 0 spiro atoms. The lowest BCUT2D eigenvalue weighted by Crippen LogP contribution is -2.12. The highest BCUT2D eigenvalue weighted by Gasteiger charge is 2.16. The van der Waals surface area contributed by atoms with E-state index in [0.717, 1.165) is 21.6 Å². The average Bonchev–Trinajstić information content (AvgIpc) is 3.27. The van der Waals surface area contributed by atoms with Gasteiger partial charge in [-0.25, -0.2) is 4.39 Å². The first kappa shape index (κ1) is 20.9. The van der Waals surface area contributed by atoms with Crippen molar-refractivity contribution < 1.29 is 13.7 Å². The molecule has 3 aromatic carbocycles. The van der Waals surface area contributed by atoms with Crippen LogP contribution in [0.2, 0.25) is 0 Å². The SMILES string of the molecule is Cc1ccc(-c2cc(C(=O)Nc3ccccc3SCc3ccc(F)cc3)no2)cc1C. The summed E-state index contributed by atoms with van der Waals surface area (Å²) >= 11 is 1.57. The Morgan fingerprint density at radius 2 is 1.77 bits per heavy atom. The van der Waals surface area contributed by atoms with E-state index in [1.54, 1.807) is 30.0 Å². The smallest absolute Gasteiger partial charge is 0.277 e. The van der Waals surface area contributed by atoms with Gasteiger partial charge in [0.15, 0.2) is 11.5 Å². The summed E-state index contributed by atoms with van der Waals surface area (Å²) in [4.78, 5) is 13.7. The van der Waals surface area contributed by atoms with Crippen molar-refractivity contribution >= 4 is 23.4 Å². The number of nitrogens with zero attached hydrogens (tertiary/aromatic N) is 1. The van der Waals surface area contributed by atoms with E-state index in [-0.39, 0.29) is 17.4 Å². The number of anilines is 1. The molecule has 0 radical (unpaired) electrons. The van der Waals surface area contributed by atoms with Gasteiger partial charge in [0.1, 0.15) is 5.82 Å². The summed E-state index contributed by atoms with van der Waals surface area (Å²) in [6.45, 7) is 4.08. The van der Waals surface area contributed by atoms with Crippen molar-refractivity contribution in [3.05, 3.63) is 101 Å². The van der Waals surface area contributed by atoms with Gasteiger partial charge in [0, 0.05) is 22.3 Å². The molecule has 4 rings (SSSR count). The molecule has 1 amide bonds. The highest BCUT2D eigenvalue weighted by Crippen LogP contribution is 2.30. The van der Waals surface area contributed by atoms with Crippen molar-refractivity contribution in [1.29, 1.82) is 0 Å². The van der Waals surface area contributed by atoms with Crippen LogP contribution in [0.15, 0.2) is 82.2 Å². The van der Waals surface area contributed by atoms with E-state index in [1.807, 2.05) is 56.3 Å². The highest BCUT2D eigenvalue weighted by atomic mass is 32.2. The lowest BCUT2D eigenvalue weighted by atomic mass is 10.0. The van der Waals surface area contributed by atoms with E-state index in [0.29, 0.717) is 17.2 Å². The number of halogens is 1. The van der Waals surface area contributed by atoms with Crippen LogP contribution in [-0.4, -0.2) is 11.1 Å². The summed E-state index contributed by atoms with van der Waals surface area (Å²) in [5.41, 5.74) is 5.12. The number of benzene rings is 3. The molecule has 0 saturated heterocycles. The third kappa shape index (κ3) is 5.03. The standard InChI is InChI=1S/C25H21FN2O2S/c1-16-7-10-19(13-17(16)2)23-14-22(28-30-23)25(29)27-21-5-3-4-6-24(21)31-15-18-8-11-20(26)12-9-18/h3-14H,15H2,1-2H3,(H,27,29). The normalized spacial score (nSPS) is 10.8. The number of aromatic nitrogens is 1. The number of amides is 1. The third-order valence-corrected chi connectivity index (χ3v) is 6.12. The van der Waals surface area contributed by atoms with Crippen molar-refractivity contribution in [2.75, 3.05) is 5.32 Å². The molecule has 0 aliphatic rings. The van der Waals surface area contributed by atoms with E-state index in [2.05, 4.69) is 10.5 Å². The second kappa shape index (κ2) is 9.18. The van der Waals surface area contributed by atoms with Gasteiger partial charge in [0.2, 0.25) is 0 Å². The quantitative estimate of drug-likeness (QED) is 0.347. The number of hydrogen-bond acceptors (Lipinski definition) is 4. The maximum absolute atomic E-state index is 13.1. The maximum Gasteiger partial charge on any atom is 0.277 e. The molecule has 1 heterocycles. The molecule has 0 unspecified atom stereocenters. The summed E-state index contributed by atoms with van der Waals surface area (Å²) < 4.78 is 18.5. The lowest BCUT2D eigenvalue weighted by Gasteiger charge is -2.10. The Hall–Kier alpha value is -3.38. The molecule has 4 aromatic rings. The first-order valence-electron chi connectivity index (χ1n) is 9.81. The summed E-state index contributed by atoms with van der Waals surface area (Å²) in [7, 11) is 0. The van der Waals surface area contributed by atoms with E-state index >= 15 is 0 Å². The zero-order valence-corrected chi connectivity index (χ0v) is 18.0. The molecule has 6 heteroatoms. The van der Waals surface area contributed by atoms with Gasteiger partial charge in [-0.15, -0.1) is 11.8 Å². The Balaban J connectivity index is 1.47. The van der Waals surface area contributed by atoms with Crippen LogP contribution in [0.25, 0.3) is 11.3 Å². The number of carbonyl (C=O) groups excluding carboxylic acids is 1. The van der Waals surface area contributed by atoms with Gasteiger partial charge in [-0.3, -0.25) is 4.79 Å². The molecule has 0 bridgehead atoms. The van der Waals surface area contributed by atoms with Gasteiger partial charge in [-0.2, -0.15) is 0 Å². The van der Waals surface area contributed by atoms with Gasteiger partial charge in [0.25, 0.3) is 5.91 Å². The van der Waals surface area contributed by atoms with Crippen LogP contribution in [0, 0.1) is 19.7 Å².